The molecule has 2 aliphatic heterocycles. The highest BCUT2D eigenvalue weighted by atomic mass is 32.1. The van der Waals surface area contributed by atoms with Crippen molar-refractivity contribution in [1.29, 1.82) is 0 Å². The first kappa shape index (κ1) is 14.8. The lowest BCUT2D eigenvalue weighted by molar-refractivity contribution is 0.0714. The minimum absolute atomic E-state index is 0.0633. The van der Waals surface area contributed by atoms with Crippen LogP contribution in [0.4, 0.5) is 0 Å². The number of likely N-dealkylation sites (tertiary alicyclic amines) is 1. The van der Waals surface area contributed by atoms with Crippen molar-refractivity contribution < 1.29 is 14.1 Å². The average molecular weight is 333 g/mol. The molecular formula is C16H19N3O3S. The van der Waals surface area contributed by atoms with Gasteiger partial charge < -0.3 is 14.2 Å². The molecule has 1 amide bonds. The van der Waals surface area contributed by atoms with Gasteiger partial charge in [-0.1, -0.05) is 11.2 Å². The van der Waals surface area contributed by atoms with Crippen LogP contribution in [-0.4, -0.2) is 40.7 Å². The second kappa shape index (κ2) is 6.41. The highest BCUT2D eigenvalue weighted by Gasteiger charge is 2.35. The molecule has 1 unspecified atom stereocenters. The molecule has 23 heavy (non-hydrogen) atoms. The van der Waals surface area contributed by atoms with Gasteiger partial charge in [0.25, 0.3) is 5.91 Å². The molecule has 0 aliphatic carbocycles. The highest BCUT2D eigenvalue weighted by molar-refractivity contribution is 7.12. The van der Waals surface area contributed by atoms with Crippen LogP contribution in [-0.2, 0) is 4.74 Å². The molecule has 0 bridgehead atoms. The Hall–Kier alpha value is -1.73. The van der Waals surface area contributed by atoms with Crippen LogP contribution >= 0.6 is 11.3 Å². The fourth-order valence-corrected chi connectivity index (χ4v) is 3.99. The maximum atomic E-state index is 12.6. The quantitative estimate of drug-likeness (QED) is 0.864. The molecule has 2 fully saturated rings. The largest absolute Gasteiger partial charge is 0.381 e. The Kier molecular flexibility index (Phi) is 4.13. The zero-order valence-corrected chi connectivity index (χ0v) is 13.6. The van der Waals surface area contributed by atoms with Gasteiger partial charge >= 0.3 is 0 Å². The number of carbonyl (C=O) groups is 1. The maximum absolute atomic E-state index is 12.6. The highest BCUT2D eigenvalue weighted by Crippen LogP contribution is 2.34. The number of aromatic nitrogens is 2. The van der Waals surface area contributed by atoms with Gasteiger partial charge in [-0.25, -0.2) is 0 Å². The van der Waals surface area contributed by atoms with Crippen LogP contribution in [0.2, 0.25) is 0 Å². The van der Waals surface area contributed by atoms with Gasteiger partial charge in [0.1, 0.15) is 6.04 Å². The Labute approximate surface area is 138 Å². The van der Waals surface area contributed by atoms with Crippen LogP contribution in [0.3, 0.4) is 0 Å². The first-order valence-corrected chi connectivity index (χ1v) is 8.96. The summed E-state index contributed by atoms with van der Waals surface area (Å²) in [6.07, 6.45) is 3.71. The molecule has 4 rings (SSSR count). The van der Waals surface area contributed by atoms with E-state index in [2.05, 4.69) is 10.1 Å². The van der Waals surface area contributed by atoms with Crippen molar-refractivity contribution in [2.24, 2.45) is 0 Å². The SMILES string of the molecule is O=C(c1cccs1)N1CCCC1c1nc(C2CCOCC2)no1. The van der Waals surface area contributed by atoms with Crippen LogP contribution in [0.25, 0.3) is 0 Å². The molecule has 2 aliphatic rings. The fraction of sp³-hybridized carbons (Fsp3) is 0.562. The lowest BCUT2D eigenvalue weighted by Crippen LogP contribution is -2.30. The van der Waals surface area contributed by atoms with Crippen LogP contribution < -0.4 is 0 Å². The third-order valence-corrected chi connectivity index (χ3v) is 5.43. The number of thiophene rings is 1. The Morgan fingerprint density at radius 2 is 2.17 bits per heavy atom. The number of hydrogen-bond donors (Lipinski definition) is 0. The molecule has 0 saturated carbocycles. The minimum atomic E-state index is -0.0920. The first-order valence-electron chi connectivity index (χ1n) is 8.08. The van der Waals surface area contributed by atoms with Crippen molar-refractivity contribution in [2.45, 2.75) is 37.6 Å². The lowest BCUT2D eigenvalue weighted by Gasteiger charge is -2.21. The zero-order valence-electron chi connectivity index (χ0n) is 12.8. The average Bonchev–Trinajstić information content (AvgIpc) is 3.35. The maximum Gasteiger partial charge on any atom is 0.264 e. The summed E-state index contributed by atoms with van der Waals surface area (Å²) in [7, 11) is 0. The molecule has 122 valence electrons. The van der Waals surface area contributed by atoms with Gasteiger partial charge in [0.15, 0.2) is 5.82 Å². The van der Waals surface area contributed by atoms with Crippen LogP contribution in [0.15, 0.2) is 22.0 Å². The summed E-state index contributed by atoms with van der Waals surface area (Å²) in [5, 5.41) is 6.09. The van der Waals surface area contributed by atoms with Crippen molar-refractivity contribution in [2.75, 3.05) is 19.8 Å². The lowest BCUT2D eigenvalue weighted by atomic mass is 10.00. The zero-order chi connectivity index (χ0) is 15.6. The van der Waals surface area contributed by atoms with E-state index in [0.717, 1.165) is 56.1 Å². The number of rotatable bonds is 3. The second-order valence-electron chi connectivity index (χ2n) is 6.01. The van der Waals surface area contributed by atoms with Gasteiger partial charge in [-0.05, 0) is 37.1 Å². The molecule has 2 saturated heterocycles. The number of carbonyl (C=O) groups excluding carboxylic acids is 1. The molecule has 0 spiro atoms. The third kappa shape index (κ3) is 2.90. The fourth-order valence-electron chi connectivity index (χ4n) is 3.31. The molecule has 0 radical (unpaired) electrons. The molecule has 4 heterocycles. The predicted molar refractivity (Wildman–Crippen MR) is 84.4 cm³/mol. The number of amides is 1. The topological polar surface area (TPSA) is 68.5 Å². The van der Waals surface area contributed by atoms with Crippen molar-refractivity contribution >= 4 is 17.2 Å². The van der Waals surface area contributed by atoms with Crippen molar-refractivity contribution in [3.8, 4) is 0 Å². The first-order chi connectivity index (χ1) is 11.3. The summed E-state index contributed by atoms with van der Waals surface area (Å²) in [5.41, 5.74) is 0. The minimum Gasteiger partial charge on any atom is -0.381 e. The van der Waals surface area contributed by atoms with Crippen LogP contribution in [0.1, 0.15) is 59.0 Å². The monoisotopic (exact) mass is 333 g/mol. The third-order valence-electron chi connectivity index (χ3n) is 4.57. The molecular weight excluding hydrogens is 314 g/mol. The molecule has 2 aromatic heterocycles. The Morgan fingerprint density at radius 1 is 1.30 bits per heavy atom. The van der Waals surface area contributed by atoms with Gasteiger partial charge in [-0.15, -0.1) is 11.3 Å². The number of nitrogens with zero attached hydrogens (tertiary/aromatic N) is 3. The predicted octanol–water partition coefficient (Wildman–Crippen LogP) is 3.00. The summed E-state index contributed by atoms with van der Waals surface area (Å²) < 4.78 is 10.9. The van der Waals surface area contributed by atoms with Gasteiger partial charge in [-0.3, -0.25) is 4.79 Å². The Morgan fingerprint density at radius 3 is 2.96 bits per heavy atom. The summed E-state index contributed by atoms with van der Waals surface area (Å²) in [6, 6.07) is 3.67. The molecule has 1 atom stereocenters. The second-order valence-corrected chi connectivity index (χ2v) is 6.96. The standard InChI is InChI=1S/C16H19N3O3S/c20-16(13-4-2-10-23-13)19-7-1-3-12(19)15-17-14(18-22-15)11-5-8-21-9-6-11/h2,4,10-12H,1,3,5-9H2. The molecule has 6 nitrogen and oxygen atoms in total. The van der Waals surface area contributed by atoms with Crippen molar-refractivity contribution in [1.82, 2.24) is 15.0 Å². The van der Waals surface area contributed by atoms with E-state index < -0.39 is 0 Å². The molecule has 2 aromatic rings. The van der Waals surface area contributed by atoms with E-state index in [4.69, 9.17) is 9.26 Å². The number of hydrogen-bond acceptors (Lipinski definition) is 6. The van der Waals surface area contributed by atoms with E-state index in [1.54, 1.807) is 0 Å². The summed E-state index contributed by atoms with van der Waals surface area (Å²) in [5.74, 6) is 1.71. The van der Waals surface area contributed by atoms with Gasteiger partial charge in [0.05, 0.1) is 4.88 Å². The normalized spacial score (nSPS) is 22.6. The van der Waals surface area contributed by atoms with Gasteiger partial charge in [0.2, 0.25) is 5.89 Å². The number of ether oxygens (including phenoxy) is 1. The Bertz CT molecular complexity index is 664. The van der Waals surface area contributed by atoms with E-state index in [0.29, 0.717) is 11.8 Å². The van der Waals surface area contributed by atoms with Crippen LogP contribution in [0.5, 0.6) is 0 Å². The van der Waals surface area contributed by atoms with E-state index in [-0.39, 0.29) is 11.9 Å². The van der Waals surface area contributed by atoms with E-state index >= 15 is 0 Å². The smallest absolute Gasteiger partial charge is 0.264 e. The summed E-state index contributed by atoms with van der Waals surface area (Å²) >= 11 is 1.47. The molecule has 0 N–H and O–H groups in total. The van der Waals surface area contributed by atoms with Crippen LogP contribution in [0, 0.1) is 0 Å². The molecule has 7 heteroatoms. The van der Waals surface area contributed by atoms with Crippen molar-refractivity contribution in [3.05, 3.63) is 34.1 Å². The van der Waals surface area contributed by atoms with Gasteiger partial charge in [0, 0.05) is 25.7 Å². The van der Waals surface area contributed by atoms with Gasteiger partial charge in [-0.2, -0.15) is 4.98 Å². The van der Waals surface area contributed by atoms with E-state index in [1.807, 2.05) is 22.4 Å². The van der Waals surface area contributed by atoms with E-state index in [1.165, 1.54) is 11.3 Å². The molecule has 0 aromatic carbocycles. The van der Waals surface area contributed by atoms with E-state index in [9.17, 15) is 4.79 Å². The summed E-state index contributed by atoms with van der Waals surface area (Å²) in [4.78, 5) is 19.9. The van der Waals surface area contributed by atoms with Crippen molar-refractivity contribution in [3.63, 3.8) is 0 Å². The Balaban J connectivity index is 1.52. The summed E-state index contributed by atoms with van der Waals surface area (Å²) in [6.45, 7) is 2.25.